The lowest BCUT2D eigenvalue weighted by Gasteiger charge is -2.18. The molecule has 25 heavy (non-hydrogen) atoms. The molecule has 0 aliphatic carbocycles. The van der Waals surface area contributed by atoms with Gasteiger partial charge in [-0.1, -0.05) is 42.8 Å². The number of carbonyl (C=O) groups is 2. The van der Waals surface area contributed by atoms with Crippen molar-refractivity contribution in [1.82, 2.24) is 5.32 Å². The summed E-state index contributed by atoms with van der Waals surface area (Å²) in [6, 6.07) is 14.3. The Labute approximate surface area is 152 Å². The maximum Gasteiger partial charge on any atom is 0.258 e. The van der Waals surface area contributed by atoms with Crippen molar-refractivity contribution in [3.63, 3.8) is 0 Å². The summed E-state index contributed by atoms with van der Waals surface area (Å²) in [5.41, 5.74) is 1.52. The third-order valence-corrected chi connectivity index (χ3v) is 3.82. The average molecular weight is 361 g/mol. The van der Waals surface area contributed by atoms with Crippen LogP contribution in [0.1, 0.15) is 31.9 Å². The van der Waals surface area contributed by atoms with Gasteiger partial charge < -0.3 is 15.4 Å². The quantitative estimate of drug-likeness (QED) is 0.785. The standard InChI is InChI=1S/C19H21ClN2O3/c1-3-16(14-8-10-15(20)11-9-14)22-19(24)12-25-18-7-5-4-6-17(18)21-13(2)23/h4-11,16H,3,12H2,1-2H3,(H,21,23)(H,22,24). The molecule has 2 amide bonds. The summed E-state index contributed by atoms with van der Waals surface area (Å²) in [5.74, 6) is 0.0149. The van der Waals surface area contributed by atoms with E-state index in [1.54, 1.807) is 36.4 Å². The summed E-state index contributed by atoms with van der Waals surface area (Å²) in [6.07, 6.45) is 0.746. The first-order valence-electron chi connectivity index (χ1n) is 8.04. The van der Waals surface area contributed by atoms with Crippen molar-refractivity contribution < 1.29 is 14.3 Å². The van der Waals surface area contributed by atoms with Gasteiger partial charge in [0.2, 0.25) is 5.91 Å². The fraction of sp³-hybridized carbons (Fsp3) is 0.263. The zero-order chi connectivity index (χ0) is 18.2. The van der Waals surface area contributed by atoms with Gasteiger partial charge in [0, 0.05) is 11.9 Å². The molecule has 0 aliphatic rings. The Hall–Kier alpha value is -2.53. The van der Waals surface area contributed by atoms with Crippen molar-refractivity contribution in [2.24, 2.45) is 0 Å². The second kappa shape index (κ2) is 9.08. The summed E-state index contributed by atoms with van der Waals surface area (Å²) in [7, 11) is 0. The fourth-order valence-corrected chi connectivity index (χ4v) is 2.51. The summed E-state index contributed by atoms with van der Waals surface area (Å²) in [5, 5.41) is 6.27. The van der Waals surface area contributed by atoms with E-state index in [4.69, 9.17) is 16.3 Å². The number of nitrogens with one attached hydrogen (secondary N) is 2. The first-order valence-corrected chi connectivity index (χ1v) is 8.41. The van der Waals surface area contributed by atoms with Crippen molar-refractivity contribution in [2.45, 2.75) is 26.3 Å². The van der Waals surface area contributed by atoms with Crippen molar-refractivity contribution in [3.8, 4) is 5.75 Å². The summed E-state index contributed by atoms with van der Waals surface area (Å²) in [6.45, 7) is 3.27. The van der Waals surface area contributed by atoms with Gasteiger partial charge >= 0.3 is 0 Å². The van der Waals surface area contributed by atoms with E-state index in [1.807, 2.05) is 19.1 Å². The lowest BCUT2D eigenvalue weighted by atomic mass is 10.0. The zero-order valence-corrected chi connectivity index (χ0v) is 15.0. The van der Waals surface area contributed by atoms with E-state index in [1.165, 1.54) is 6.92 Å². The smallest absolute Gasteiger partial charge is 0.258 e. The van der Waals surface area contributed by atoms with E-state index >= 15 is 0 Å². The van der Waals surface area contributed by atoms with Gasteiger partial charge in [-0.2, -0.15) is 0 Å². The molecule has 132 valence electrons. The van der Waals surface area contributed by atoms with Crippen molar-refractivity contribution in [1.29, 1.82) is 0 Å². The van der Waals surface area contributed by atoms with Gasteiger partial charge in [0.05, 0.1) is 11.7 Å². The van der Waals surface area contributed by atoms with Gasteiger partial charge in [0.25, 0.3) is 5.91 Å². The van der Waals surface area contributed by atoms with Crippen LogP contribution >= 0.6 is 11.6 Å². The Morgan fingerprint density at radius 2 is 1.80 bits per heavy atom. The van der Waals surface area contributed by atoms with Gasteiger partial charge in [0.1, 0.15) is 5.75 Å². The number of anilines is 1. The van der Waals surface area contributed by atoms with Crippen molar-refractivity contribution >= 4 is 29.1 Å². The molecule has 0 spiro atoms. The minimum absolute atomic E-state index is 0.112. The Morgan fingerprint density at radius 1 is 1.12 bits per heavy atom. The van der Waals surface area contributed by atoms with Crippen molar-refractivity contribution in [2.75, 3.05) is 11.9 Å². The van der Waals surface area contributed by atoms with Crippen LogP contribution in [-0.4, -0.2) is 18.4 Å². The molecular weight excluding hydrogens is 340 g/mol. The maximum absolute atomic E-state index is 12.2. The van der Waals surface area contributed by atoms with Crippen LogP contribution in [0, 0.1) is 0 Å². The molecule has 0 aliphatic heterocycles. The van der Waals surface area contributed by atoms with Gasteiger partial charge in [-0.05, 0) is 36.2 Å². The molecule has 2 aromatic rings. The molecule has 1 unspecified atom stereocenters. The Balaban J connectivity index is 1.96. The van der Waals surface area contributed by atoms with Gasteiger partial charge in [0.15, 0.2) is 6.61 Å². The minimum Gasteiger partial charge on any atom is -0.482 e. The molecule has 2 aromatic carbocycles. The minimum atomic E-state index is -0.237. The predicted molar refractivity (Wildman–Crippen MR) is 98.9 cm³/mol. The highest BCUT2D eigenvalue weighted by atomic mass is 35.5. The van der Waals surface area contributed by atoms with Crippen LogP contribution in [0.3, 0.4) is 0 Å². The second-order valence-electron chi connectivity index (χ2n) is 5.55. The highest BCUT2D eigenvalue weighted by molar-refractivity contribution is 6.30. The van der Waals surface area contributed by atoms with E-state index in [9.17, 15) is 9.59 Å². The predicted octanol–water partition coefficient (Wildman–Crippen LogP) is 3.94. The number of carbonyl (C=O) groups excluding carboxylic acids is 2. The summed E-state index contributed by atoms with van der Waals surface area (Å²) in [4.78, 5) is 23.4. The van der Waals surface area contributed by atoms with Crippen LogP contribution < -0.4 is 15.4 Å². The molecule has 0 radical (unpaired) electrons. The molecule has 2 rings (SSSR count). The molecule has 0 saturated carbocycles. The number of hydrogen-bond donors (Lipinski definition) is 2. The summed E-state index contributed by atoms with van der Waals surface area (Å²) < 4.78 is 5.55. The molecular formula is C19H21ClN2O3. The molecule has 5 nitrogen and oxygen atoms in total. The molecule has 0 fully saturated rings. The number of ether oxygens (including phenoxy) is 1. The largest absolute Gasteiger partial charge is 0.482 e. The number of rotatable bonds is 7. The first-order chi connectivity index (χ1) is 12.0. The number of benzene rings is 2. The normalized spacial score (nSPS) is 11.5. The lowest BCUT2D eigenvalue weighted by molar-refractivity contribution is -0.123. The SMILES string of the molecule is CCC(NC(=O)COc1ccccc1NC(C)=O)c1ccc(Cl)cc1. The van der Waals surface area contributed by atoms with Crippen LogP contribution in [0.2, 0.25) is 5.02 Å². The number of para-hydroxylation sites is 2. The monoisotopic (exact) mass is 360 g/mol. The van der Waals surface area contributed by atoms with Crippen LogP contribution in [0.5, 0.6) is 5.75 Å². The van der Waals surface area contributed by atoms with Gasteiger partial charge in [-0.15, -0.1) is 0 Å². The zero-order valence-electron chi connectivity index (χ0n) is 14.2. The highest BCUT2D eigenvalue weighted by Gasteiger charge is 2.14. The second-order valence-corrected chi connectivity index (χ2v) is 5.98. The molecule has 6 heteroatoms. The van der Waals surface area contributed by atoms with Crippen LogP contribution in [0.4, 0.5) is 5.69 Å². The lowest BCUT2D eigenvalue weighted by Crippen LogP contribution is -2.32. The third-order valence-electron chi connectivity index (χ3n) is 3.57. The van der Waals surface area contributed by atoms with Crippen LogP contribution in [0.25, 0.3) is 0 Å². The molecule has 0 saturated heterocycles. The van der Waals surface area contributed by atoms with E-state index in [0.29, 0.717) is 16.5 Å². The maximum atomic E-state index is 12.2. The van der Waals surface area contributed by atoms with Gasteiger partial charge in [-0.25, -0.2) is 0 Å². The van der Waals surface area contributed by atoms with Gasteiger partial charge in [-0.3, -0.25) is 9.59 Å². The Kier molecular flexibility index (Phi) is 6.83. The molecule has 0 bridgehead atoms. The summed E-state index contributed by atoms with van der Waals surface area (Å²) >= 11 is 5.90. The van der Waals surface area contributed by atoms with E-state index < -0.39 is 0 Å². The van der Waals surface area contributed by atoms with Crippen LogP contribution in [-0.2, 0) is 9.59 Å². The van der Waals surface area contributed by atoms with E-state index in [2.05, 4.69) is 10.6 Å². The Bertz CT molecular complexity index is 732. The molecule has 0 aromatic heterocycles. The third kappa shape index (κ3) is 5.80. The first kappa shape index (κ1) is 18.8. The molecule has 0 heterocycles. The fourth-order valence-electron chi connectivity index (χ4n) is 2.38. The highest BCUT2D eigenvalue weighted by Crippen LogP contribution is 2.24. The van der Waals surface area contributed by atoms with E-state index in [-0.39, 0.29) is 24.5 Å². The molecule has 2 N–H and O–H groups in total. The number of amides is 2. The molecule has 1 atom stereocenters. The van der Waals surface area contributed by atoms with Crippen LogP contribution in [0.15, 0.2) is 48.5 Å². The Morgan fingerprint density at radius 3 is 2.44 bits per heavy atom. The number of halogens is 1. The number of hydrogen-bond acceptors (Lipinski definition) is 3. The van der Waals surface area contributed by atoms with Crippen molar-refractivity contribution in [3.05, 3.63) is 59.1 Å². The topological polar surface area (TPSA) is 67.4 Å². The van der Waals surface area contributed by atoms with E-state index in [0.717, 1.165) is 12.0 Å². The average Bonchev–Trinajstić information content (AvgIpc) is 2.59.